The Morgan fingerprint density at radius 2 is 2.00 bits per heavy atom. The minimum absolute atomic E-state index is 0.0510. The summed E-state index contributed by atoms with van der Waals surface area (Å²) in [6, 6.07) is 10.2. The highest BCUT2D eigenvalue weighted by Crippen LogP contribution is 2.34. The maximum atomic E-state index is 12.5. The monoisotopic (exact) mass is 368 g/mol. The summed E-state index contributed by atoms with van der Waals surface area (Å²) >= 11 is 0. The molecule has 0 aliphatic carbocycles. The molecular weight excluding hydrogens is 344 g/mol. The molecule has 2 N–H and O–H groups in total. The smallest absolute Gasteiger partial charge is 0.259 e. The van der Waals surface area contributed by atoms with E-state index in [1.54, 1.807) is 35.2 Å². The van der Waals surface area contributed by atoms with E-state index in [0.717, 1.165) is 12.0 Å². The first kappa shape index (κ1) is 18.8. The molecule has 2 amide bonds. The van der Waals surface area contributed by atoms with E-state index in [1.807, 2.05) is 19.9 Å². The van der Waals surface area contributed by atoms with Crippen molar-refractivity contribution in [2.24, 2.45) is 0 Å². The van der Waals surface area contributed by atoms with E-state index < -0.39 is 5.91 Å². The lowest BCUT2D eigenvalue weighted by Crippen LogP contribution is -2.24. The summed E-state index contributed by atoms with van der Waals surface area (Å²) in [4.78, 5) is 26.2. The van der Waals surface area contributed by atoms with Crippen LogP contribution in [0.3, 0.4) is 0 Å². The quantitative estimate of drug-likeness (QED) is 0.839. The number of nitrogens with one attached hydrogen (secondary N) is 1. The highest BCUT2D eigenvalue weighted by molar-refractivity contribution is 6.06. The molecule has 0 spiro atoms. The molecule has 27 heavy (non-hydrogen) atoms. The summed E-state index contributed by atoms with van der Waals surface area (Å²) in [5.41, 5.74) is 2.39. The second-order valence-corrected chi connectivity index (χ2v) is 6.92. The van der Waals surface area contributed by atoms with Gasteiger partial charge in [-0.25, -0.2) is 0 Å². The van der Waals surface area contributed by atoms with Crippen LogP contribution in [0, 0.1) is 0 Å². The van der Waals surface area contributed by atoms with Gasteiger partial charge in [-0.05, 0) is 42.2 Å². The summed E-state index contributed by atoms with van der Waals surface area (Å²) in [5.74, 6) is 0.389. The van der Waals surface area contributed by atoms with Crippen LogP contribution in [-0.2, 0) is 4.79 Å². The van der Waals surface area contributed by atoms with Gasteiger partial charge in [0.2, 0.25) is 5.91 Å². The number of amides is 2. The number of carbonyl (C=O) groups excluding carboxylic acids is 2. The number of anilines is 2. The predicted molar refractivity (Wildman–Crippen MR) is 105 cm³/mol. The minimum atomic E-state index is -0.408. The van der Waals surface area contributed by atoms with Crippen LogP contribution in [0.1, 0.15) is 48.5 Å². The molecule has 1 heterocycles. The third-order valence-corrected chi connectivity index (χ3v) is 4.73. The van der Waals surface area contributed by atoms with Gasteiger partial charge in [-0.3, -0.25) is 9.59 Å². The van der Waals surface area contributed by atoms with E-state index >= 15 is 0 Å². The van der Waals surface area contributed by atoms with Crippen molar-refractivity contribution in [2.45, 2.75) is 32.6 Å². The second kappa shape index (κ2) is 7.70. The van der Waals surface area contributed by atoms with Crippen LogP contribution in [0.2, 0.25) is 0 Å². The van der Waals surface area contributed by atoms with Crippen LogP contribution in [0.4, 0.5) is 11.4 Å². The van der Waals surface area contributed by atoms with Crippen molar-refractivity contribution in [3.8, 4) is 11.5 Å². The highest BCUT2D eigenvalue weighted by atomic mass is 16.5. The number of rotatable bonds is 5. The zero-order chi connectivity index (χ0) is 19.6. The third kappa shape index (κ3) is 3.89. The van der Waals surface area contributed by atoms with E-state index in [9.17, 15) is 14.7 Å². The Morgan fingerprint density at radius 3 is 2.59 bits per heavy atom. The first-order valence-corrected chi connectivity index (χ1v) is 9.03. The largest absolute Gasteiger partial charge is 0.507 e. The zero-order valence-electron chi connectivity index (χ0n) is 15.8. The number of nitrogens with zero attached hydrogens (tertiary/aromatic N) is 1. The van der Waals surface area contributed by atoms with Crippen LogP contribution in [0.15, 0.2) is 36.4 Å². The van der Waals surface area contributed by atoms with Crippen LogP contribution in [0.25, 0.3) is 0 Å². The molecule has 0 saturated carbocycles. The molecule has 0 unspecified atom stereocenters. The molecule has 3 rings (SSSR count). The normalized spacial score (nSPS) is 13.9. The van der Waals surface area contributed by atoms with E-state index in [2.05, 4.69) is 5.32 Å². The van der Waals surface area contributed by atoms with E-state index in [1.165, 1.54) is 7.11 Å². The lowest BCUT2D eigenvalue weighted by atomic mass is 10.0. The molecule has 1 saturated heterocycles. The summed E-state index contributed by atoms with van der Waals surface area (Å²) in [5, 5.41) is 12.9. The number of carbonyl (C=O) groups is 2. The Labute approximate surface area is 158 Å². The van der Waals surface area contributed by atoms with Crippen molar-refractivity contribution in [2.75, 3.05) is 23.9 Å². The Bertz CT molecular complexity index is 876. The van der Waals surface area contributed by atoms with Crippen LogP contribution >= 0.6 is 0 Å². The first-order chi connectivity index (χ1) is 12.9. The van der Waals surface area contributed by atoms with Gasteiger partial charge in [0.05, 0.1) is 18.4 Å². The number of ether oxygens (including phenoxy) is 1. The number of hydrogen-bond acceptors (Lipinski definition) is 4. The van der Waals surface area contributed by atoms with Gasteiger partial charge in [0.1, 0.15) is 11.5 Å². The Hall–Kier alpha value is -3.02. The van der Waals surface area contributed by atoms with Crippen molar-refractivity contribution in [3.63, 3.8) is 0 Å². The number of benzene rings is 2. The summed E-state index contributed by atoms with van der Waals surface area (Å²) in [6.45, 7) is 4.71. The maximum Gasteiger partial charge on any atom is 0.259 e. The fourth-order valence-electron chi connectivity index (χ4n) is 3.18. The Balaban J connectivity index is 1.81. The topological polar surface area (TPSA) is 78.9 Å². The Kier molecular flexibility index (Phi) is 5.35. The molecule has 0 atom stereocenters. The molecule has 142 valence electrons. The van der Waals surface area contributed by atoms with Crippen molar-refractivity contribution >= 4 is 23.2 Å². The van der Waals surface area contributed by atoms with Gasteiger partial charge >= 0.3 is 0 Å². The van der Waals surface area contributed by atoms with Gasteiger partial charge in [-0.2, -0.15) is 0 Å². The number of phenolic OH excluding ortho intramolecular Hbond substituents is 1. The van der Waals surface area contributed by atoms with Gasteiger partial charge in [-0.15, -0.1) is 0 Å². The van der Waals surface area contributed by atoms with Crippen molar-refractivity contribution < 1.29 is 19.4 Å². The maximum absolute atomic E-state index is 12.5. The van der Waals surface area contributed by atoms with E-state index in [4.69, 9.17) is 4.74 Å². The first-order valence-electron chi connectivity index (χ1n) is 9.03. The fourth-order valence-corrected chi connectivity index (χ4v) is 3.18. The standard InChI is InChI=1S/C21H24N2O4/c1-13(2)14-6-8-16(18(24)11-14)21(26)22-15-7-9-17(19(12-15)27-3)23-10-4-5-20(23)25/h6-9,11-13,24H,4-5,10H2,1-3H3,(H,22,26). The second-order valence-electron chi connectivity index (χ2n) is 6.92. The molecule has 6 heteroatoms. The molecule has 1 fully saturated rings. The number of aromatic hydroxyl groups is 1. The summed E-state index contributed by atoms with van der Waals surface area (Å²) in [7, 11) is 1.53. The van der Waals surface area contributed by atoms with Gasteiger partial charge in [0.25, 0.3) is 5.91 Å². The van der Waals surface area contributed by atoms with Crippen LogP contribution in [0.5, 0.6) is 11.5 Å². The van der Waals surface area contributed by atoms with Crippen LogP contribution in [-0.4, -0.2) is 30.6 Å². The van der Waals surface area contributed by atoms with Crippen LogP contribution < -0.4 is 15.0 Å². The van der Waals surface area contributed by atoms with Gasteiger partial charge in [0, 0.05) is 24.7 Å². The van der Waals surface area contributed by atoms with Gasteiger partial charge in [0.15, 0.2) is 0 Å². The van der Waals surface area contributed by atoms with Crippen molar-refractivity contribution in [3.05, 3.63) is 47.5 Å². The minimum Gasteiger partial charge on any atom is -0.507 e. The third-order valence-electron chi connectivity index (χ3n) is 4.73. The SMILES string of the molecule is COc1cc(NC(=O)c2ccc(C(C)C)cc2O)ccc1N1CCCC1=O. The predicted octanol–water partition coefficient (Wildman–Crippen LogP) is 3.90. The average molecular weight is 368 g/mol. The lowest BCUT2D eigenvalue weighted by Gasteiger charge is -2.19. The number of phenols is 1. The van der Waals surface area contributed by atoms with Crippen molar-refractivity contribution in [1.82, 2.24) is 0 Å². The molecule has 0 radical (unpaired) electrons. The number of hydrogen-bond donors (Lipinski definition) is 2. The highest BCUT2D eigenvalue weighted by Gasteiger charge is 2.24. The van der Waals surface area contributed by atoms with E-state index in [0.29, 0.717) is 30.1 Å². The van der Waals surface area contributed by atoms with Crippen molar-refractivity contribution in [1.29, 1.82) is 0 Å². The van der Waals surface area contributed by atoms with Gasteiger partial charge < -0.3 is 20.1 Å². The molecule has 0 bridgehead atoms. The zero-order valence-corrected chi connectivity index (χ0v) is 15.8. The fraction of sp³-hybridized carbons (Fsp3) is 0.333. The average Bonchev–Trinajstić information content (AvgIpc) is 3.07. The van der Waals surface area contributed by atoms with E-state index in [-0.39, 0.29) is 23.1 Å². The molecule has 1 aliphatic heterocycles. The molecular formula is C21H24N2O4. The molecule has 1 aliphatic rings. The molecule has 6 nitrogen and oxygen atoms in total. The molecule has 2 aromatic rings. The van der Waals surface area contributed by atoms with Gasteiger partial charge in [-0.1, -0.05) is 19.9 Å². The molecule has 2 aromatic carbocycles. The summed E-state index contributed by atoms with van der Waals surface area (Å²) in [6.07, 6.45) is 1.36. The number of methoxy groups -OCH3 is 1. The molecule has 0 aromatic heterocycles. The summed E-state index contributed by atoms with van der Waals surface area (Å²) < 4.78 is 5.41. The Morgan fingerprint density at radius 1 is 1.22 bits per heavy atom. The lowest BCUT2D eigenvalue weighted by molar-refractivity contribution is -0.117.